The van der Waals surface area contributed by atoms with E-state index in [1.165, 1.54) is 4.88 Å². The van der Waals surface area contributed by atoms with Gasteiger partial charge in [0.2, 0.25) is 11.4 Å². The standard InChI is InChI=1S/C14H21BrN3OS2/c1-13(2,3)21(19)18-14(4,8-12-16-5-6-17-12)11-7-10(15)9-20-11/h5-7,9,18-19H,8H2,1-4H3,(H,16,17)/q+1/t14-,21?/m0/s1. The van der Waals surface area contributed by atoms with E-state index >= 15 is 0 Å². The van der Waals surface area contributed by atoms with Gasteiger partial charge in [-0.15, -0.1) is 11.3 Å². The molecule has 0 aromatic carbocycles. The van der Waals surface area contributed by atoms with Gasteiger partial charge in [-0.05, 0) is 49.7 Å². The smallest absolute Gasteiger partial charge is 0.241 e. The molecule has 0 radical (unpaired) electrons. The summed E-state index contributed by atoms with van der Waals surface area (Å²) in [4.78, 5) is 8.63. The molecular formula is C14H21BrN3OS2+. The zero-order valence-corrected chi connectivity index (χ0v) is 15.8. The number of aromatic nitrogens is 2. The molecular weight excluding hydrogens is 370 g/mol. The maximum absolute atomic E-state index is 10.5. The fourth-order valence-electron chi connectivity index (χ4n) is 1.87. The summed E-state index contributed by atoms with van der Waals surface area (Å²) in [6.07, 6.45) is 4.26. The molecule has 2 rings (SSSR count). The molecule has 116 valence electrons. The zero-order chi connectivity index (χ0) is 15.7. The number of H-pyrrole nitrogens is 1. The lowest BCUT2D eigenvalue weighted by molar-refractivity contribution is 0.424. The van der Waals surface area contributed by atoms with Gasteiger partial charge in [-0.25, -0.2) is 4.98 Å². The molecule has 2 aromatic rings. The minimum atomic E-state index is -0.910. The van der Waals surface area contributed by atoms with Crippen molar-refractivity contribution < 1.29 is 4.55 Å². The minimum absolute atomic E-state index is 0.209. The Morgan fingerprint density at radius 1 is 1.43 bits per heavy atom. The van der Waals surface area contributed by atoms with Gasteiger partial charge < -0.3 is 4.98 Å². The lowest BCUT2D eigenvalue weighted by Crippen LogP contribution is -2.50. The summed E-state index contributed by atoms with van der Waals surface area (Å²) in [7, 11) is 0. The van der Waals surface area contributed by atoms with Crippen molar-refractivity contribution >= 4 is 38.6 Å². The van der Waals surface area contributed by atoms with Crippen molar-refractivity contribution in [3.05, 3.63) is 39.0 Å². The van der Waals surface area contributed by atoms with Gasteiger partial charge in [-0.3, -0.25) is 0 Å². The van der Waals surface area contributed by atoms with Crippen LogP contribution in [0.4, 0.5) is 0 Å². The van der Waals surface area contributed by atoms with E-state index in [4.69, 9.17) is 0 Å². The van der Waals surface area contributed by atoms with Gasteiger partial charge in [0, 0.05) is 33.5 Å². The highest BCUT2D eigenvalue weighted by Crippen LogP contribution is 2.34. The molecule has 3 N–H and O–H groups in total. The Labute approximate surface area is 141 Å². The summed E-state index contributed by atoms with van der Waals surface area (Å²) in [5, 5.41) is 2.06. The zero-order valence-electron chi connectivity index (χ0n) is 12.6. The minimum Gasteiger partial charge on any atom is -0.349 e. The third-order valence-corrected chi connectivity index (χ3v) is 6.85. The van der Waals surface area contributed by atoms with Crippen LogP contribution in [0.3, 0.4) is 0 Å². The third kappa shape index (κ3) is 4.32. The fraction of sp³-hybridized carbons (Fsp3) is 0.500. The average molecular weight is 391 g/mol. The largest absolute Gasteiger partial charge is 0.349 e. The number of hydrogen-bond donors (Lipinski definition) is 3. The Bertz CT molecular complexity index is 579. The molecule has 0 saturated carbocycles. The highest BCUT2D eigenvalue weighted by molar-refractivity contribution is 9.10. The summed E-state index contributed by atoms with van der Waals surface area (Å²) < 4.78 is 14.8. The van der Waals surface area contributed by atoms with Crippen molar-refractivity contribution in [2.75, 3.05) is 0 Å². The average Bonchev–Trinajstić information content (AvgIpc) is 2.99. The normalized spacial score (nSPS) is 16.7. The van der Waals surface area contributed by atoms with Crippen molar-refractivity contribution in [1.29, 1.82) is 0 Å². The number of nitrogens with zero attached hydrogens (tertiary/aromatic N) is 1. The van der Waals surface area contributed by atoms with Crippen molar-refractivity contribution in [3.8, 4) is 0 Å². The van der Waals surface area contributed by atoms with Crippen LogP contribution in [0.1, 0.15) is 38.4 Å². The van der Waals surface area contributed by atoms with Crippen LogP contribution in [-0.4, -0.2) is 19.3 Å². The monoisotopic (exact) mass is 390 g/mol. The van der Waals surface area contributed by atoms with Crippen LogP contribution >= 0.6 is 27.3 Å². The van der Waals surface area contributed by atoms with E-state index in [2.05, 4.69) is 49.0 Å². The number of nitrogens with one attached hydrogen (secondary N) is 2. The van der Waals surface area contributed by atoms with Crippen LogP contribution in [0, 0.1) is 0 Å². The molecule has 21 heavy (non-hydrogen) atoms. The van der Waals surface area contributed by atoms with Crippen molar-refractivity contribution in [1.82, 2.24) is 14.7 Å². The molecule has 0 fully saturated rings. The lowest BCUT2D eigenvalue weighted by atomic mass is 9.97. The lowest BCUT2D eigenvalue weighted by Gasteiger charge is -2.28. The molecule has 0 spiro atoms. The molecule has 0 aliphatic heterocycles. The molecule has 2 atom stereocenters. The summed E-state index contributed by atoms with van der Waals surface area (Å²) in [6, 6.07) is 2.10. The Morgan fingerprint density at radius 3 is 2.62 bits per heavy atom. The van der Waals surface area contributed by atoms with E-state index in [0.717, 1.165) is 10.3 Å². The molecule has 1 unspecified atom stereocenters. The molecule has 0 saturated heterocycles. The molecule has 2 heterocycles. The highest BCUT2D eigenvalue weighted by Gasteiger charge is 2.43. The number of aromatic amines is 1. The van der Waals surface area contributed by atoms with Gasteiger partial charge in [-0.2, -0.15) is 4.55 Å². The van der Waals surface area contributed by atoms with Crippen LogP contribution in [0.25, 0.3) is 0 Å². The maximum Gasteiger partial charge on any atom is 0.241 e. The molecule has 2 aromatic heterocycles. The van der Waals surface area contributed by atoms with Crippen molar-refractivity contribution in [3.63, 3.8) is 0 Å². The number of imidazole rings is 1. The van der Waals surface area contributed by atoms with E-state index in [1.54, 1.807) is 17.5 Å². The van der Waals surface area contributed by atoms with E-state index in [1.807, 2.05) is 27.0 Å². The van der Waals surface area contributed by atoms with Crippen molar-refractivity contribution in [2.24, 2.45) is 0 Å². The molecule has 0 amide bonds. The van der Waals surface area contributed by atoms with Gasteiger partial charge in [0.1, 0.15) is 11.4 Å². The predicted octanol–water partition coefficient (Wildman–Crippen LogP) is 4.09. The Morgan fingerprint density at radius 2 is 2.14 bits per heavy atom. The Hall–Kier alpha value is -0.340. The molecule has 0 bridgehead atoms. The molecule has 0 aliphatic carbocycles. The maximum atomic E-state index is 10.5. The van der Waals surface area contributed by atoms with Gasteiger partial charge in [0.15, 0.2) is 4.75 Å². The van der Waals surface area contributed by atoms with Gasteiger partial charge in [-0.1, -0.05) is 4.72 Å². The summed E-state index contributed by atoms with van der Waals surface area (Å²) in [6.45, 7) is 8.19. The second kappa shape index (κ2) is 6.42. The number of rotatable bonds is 5. The molecule has 4 nitrogen and oxygen atoms in total. The first-order valence-corrected chi connectivity index (χ1v) is 9.50. The van der Waals surface area contributed by atoms with E-state index in [9.17, 15) is 4.55 Å². The summed E-state index contributed by atoms with van der Waals surface area (Å²) in [5.41, 5.74) is -0.375. The second-order valence-corrected chi connectivity index (χ2v) is 10.00. The molecule has 0 aliphatic rings. The van der Waals surface area contributed by atoms with Crippen molar-refractivity contribution in [2.45, 2.75) is 44.4 Å². The topological polar surface area (TPSA) is 60.9 Å². The van der Waals surface area contributed by atoms with Crippen LogP contribution < -0.4 is 4.72 Å². The van der Waals surface area contributed by atoms with E-state index in [-0.39, 0.29) is 10.3 Å². The Kier molecular flexibility index (Phi) is 5.20. The van der Waals surface area contributed by atoms with Crippen LogP contribution in [0.5, 0.6) is 0 Å². The highest BCUT2D eigenvalue weighted by atomic mass is 79.9. The summed E-state index contributed by atoms with van der Waals surface area (Å²) in [5.74, 6) is 0.903. The van der Waals surface area contributed by atoms with Crippen LogP contribution in [0.15, 0.2) is 28.3 Å². The fourth-order valence-corrected chi connectivity index (χ4v) is 4.40. The molecule has 7 heteroatoms. The summed E-state index contributed by atoms with van der Waals surface area (Å²) >= 11 is 4.27. The number of thiophene rings is 1. The number of hydrogen-bond acceptors (Lipinski definition) is 4. The SMILES string of the molecule is CC(C)(C)[S+](O)N[C@@](C)(Cc1ncc[nH]1)c1cc(Br)cs1. The van der Waals surface area contributed by atoms with Gasteiger partial charge in [0.05, 0.1) is 0 Å². The number of halogens is 1. The van der Waals surface area contributed by atoms with Gasteiger partial charge >= 0.3 is 0 Å². The first-order chi connectivity index (χ1) is 9.71. The van der Waals surface area contributed by atoms with E-state index < -0.39 is 11.4 Å². The van der Waals surface area contributed by atoms with Crippen LogP contribution in [-0.2, 0) is 23.3 Å². The van der Waals surface area contributed by atoms with Gasteiger partial charge in [0.25, 0.3) is 0 Å². The first kappa shape index (κ1) is 17.0. The van der Waals surface area contributed by atoms with Crippen LogP contribution in [0.2, 0.25) is 0 Å². The van der Waals surface area contributed by atoms with E-state index in [0.29, 0.717) is 6.42 Å². The first-order valence-electron chi connectivity index (χ1n) is 6.65. The second-order valence-electron chi connectivity index (χ2n) is 6.17. The Balaban J connectivity index is 2.29. The predicted molar refractivity (Wildman–Crippen MR) is 94.5 cm³/mol. The third-order valence-electron chi connectivity index (χ3n) is 3.09. The quantitative estimate of drug-likeness (QED) is 0.673.